The number of nitrogens with zero attached hydrogens (tertiary/aromatic N) is 3. The summed E-state index contributed by atoms with van der Waals surface area (Å²) in [6, 6.07) is 8.26. The molecule has 0 aliphatic carbocycles. The van der Waals surface area contributed by atoms with Crippen molar-refractivity contribution in [3.63, 3.8) is 0 Å². The van der Waals surface area contributed by atoms with Crippen LogP contribution in [0.4, 0.5) is 10.2 Å². The van der Waals surface area contributed by atoms with E-state index in [0.717, 1.165) is 28.3 Å². The molecule has 96 valence electrons. The standard InChI is InChI=1S/C14H13FN4/c1-9-7-13(16-2)19-14(18-9)12(8-17-19)10-3-5-11(15)6-4-10/h3-8,16H,1-2H3. The molecule has 0 spiro atoms. The summed E-state index contributed by atoms with van der Waals surface area (Å²) in [5.41, 5.74) is 3.45. The Kier molecular flexibility index (Phi) is 2.67. The molecule has 0 fully saturated rings. The van der Waals surface area contributed by atoms with Crippen molar-refractivity contribution in [1.29, 1.82) is 0 Å². The van der Waals surface area contributed by atoms with Crippen molar-refractivity contribution in [3.05, 3.63) is 48.0 Å². The fourth-order valence-electron chi connectivity index (χ4n) is 2.10. The molecule has 1 N–H and O–H groups in total. The monoisotopic (exact) mass is 256 g/mol. The average Bonchev–Trinajstić information content (AvgIpc) is 2.82. The number of nitrogens with one attached hydrogen (secondary N) is 1. The Morgan fingerprint density at radius 2 is 1.95 bits per heavy atom. The van der Waals surface area contributed by atoms with Crippen LogP contribution in [0.3, 0.4) is 0 Å². The molecule has 1 aromatic carbocycles. The van der Waals surface area contributed by atoms with E-state index in [2.05, 4.69) is 15.4 Å². The maximum atomic E-state index is 13.0. The van der Waals surface area contributed by atoms with Crippen molar-refractivity contribution in [3.8, 4) is 11.1 Å². The lowest BCUT2D eigenvalue weighted by Gasteiger charge is -2.05. The van der Waals surface area contributed by atoms with Crippen molar-refractivity contribution in [2.24, 2.45) is 0 Å². The van der Waals surface area contributed by atoms with Gasteiger partial charge in [-0.25, -0.2) is 9.37 Å². The van der Waals surface area contributed by atoms with E-state index < -0.39 is 0 Å². The second-order valence-corrected chi connectivity index (χ2v) is 4.33. The van der Waals surface area contributed by atoms with Gasteiger partial charge in [0.2, 0.25) is 0 Å². The minimum atomic E-state index is -0.250. The molecule has 4 nitrogen and oxygen atoms in total. The first-order chi connectivity index (χ1) is 9.19. The van der Waals surface area contributed by atoms with Crippen LogP contribution in [0.15, 0.2) is 36.5 Å². The van der Waals surface area contributed by atoms with Crippen LogP contribution in [0.1, 0.15) is 5.69 Å². The van der Waals surface area contributed by atoms with Crippen LogP contribution in [0, 0.1) is 12.7 Å². The van der Waals surface area contributed by atoms with E-state index in [-0.39, 0.29) is 5.82 Å². The zero-order valence-corrected chi connectivity index (χ0v) is 10.7. The second kappa shape index (κ2) is 4.35. The van der Waals surface area contributed by atoms with Crippen LogP contribution in [0.25, 0.3) is 16.8 Å². The molecule has 0 aliphatic heterocycles. The number of hydrogen-bond donors (Lipinski definition) is 1. The molecule has 0 saturated carbocycles. The molecule has 5 heteroatoms. The van der Waals surface area contributed by atoms with Gasteiger partial charge in [-0.05, 0) is 24.6 Å². The van der Waals surface area contributed by atoms with Crippen LogP contribution in [0.5, 0.6) is 0 Å². The van der Waals surface area contributed by atoms with Crippen LogP contribution in [-0.4, -0.2) is 21.6 Å². The zero-order valence-electron chi connectivity index (χ0n) is 10.7. The Labute approximate surface area is 109 Å². The van der Waals surface area contributed by atoms with E-state index in [0.29, 0.717) is 0 Å². The maximum Gasteiger partial charge on any atom is 0.165 e. The van der Waals surface area contributed by atoms with Gasteiger partial charge < -0.3 is 5.32 Å². The summed E-state index contributed by atoms with van der Waals surface area (Å²) in [6.45, 7) is 1.93. The van der Waals surface area contributed by atoms with Crippen molar-refractivity contribution in [2.75, 3.05) is 12.4 Å². The van der Waals surface area contributed by atoms with Gasteiger partial charge in [-0.15, -0.1) is 0 Å². The van der Waals surface area contributed by atoms with E-state index in [4.69, 9.17) is 0 Å². The van der Waals surface area contributed by atoms with Crippen LogP contribution >= 0.6 is 0 Å². The number of anilines is 1. The molecule has 0 aliphatic rings. The lowest BCUT2D eigenvalue weighted by molar-refractivity contribution is 0.628. The summed E-state index contributed by atoms with van der Waals surface area (Å²) in [7, 11) is 1.84. The molecule has 0 bridgehead atoms. The molecule has 2 heterocycles. The number of aromatic nitrogens is 3. The number of fused-ring (bicyclic) bond motifs is 1. The number of hydrogen-bond acceptors (Lipinski definition) is 3. The van der Waals surface area contributed by atoms with Crippen molar-refractivity contribution < 1.29 is 4.39 Å². The molecule has 0 saturated heterocycles. The number of halogens is 1. The van der Waals surface area contributed by atoms with Gasteiger partial charge in [-0.2, -0.15) is 9.61 Å². The smallest absolute Gasteiger partial charge is 0.165 e. The van der Waals surface area contributed by atoms with Crippen molar-refractivity contribution in [1.82, 2.24) is 14.6 Å². The summed E-state index contributed by atoms with van der Waals surface area (Å²) in [5.74, 6) is 0.621. The van der Waals surface area contributed by atoms with Crippen LogP contribution < -0.4 is 5.32 Å². The average molecular weight is 256 g/mol. The van der Waals surface area contributed by atoms with Gasteiger partial charge in [-0.1, -0.05) is 12.1 Å². The van der Waals surface area contributed by atoms with Gasteiger partial charge in [-0.3, -0.25) is 0 Å². The molecule has 0 unspecified atom stereocenters. The first kappa shape index (κ1) is 11.6. The van der Waals surface area contributed by atoms with E-state index in [1.807, 2.05) is 20.0 Å². The highest BCUT2D eigenvalue weighted by molar-refractivity contribution is 5.78. The van der Waals surface area contributed by atoms with Crippen molar-refractivity contribution in [2.45, 2.75) is 6.92 Å². The SMILES string of the molecule is CNc1cc(C)nc2c(-c3ccc(F)cc3)cnn12. The molecule has 2 aromatic heterocycles. The molecular weight excluding hydrogens is 243 g/mol. The molecule has 0 radical (unpaired) electrons. The number of benzene rings is 1. The van der Waals surface area contributed by atoms with Crippen LogP contribution in [-0.2, 0) is 0 Å². The van der Waals surface area contributed by atoms with E-state index in [1.165, 1.54) is 12.1 Å². The van der Waals surface area contributed by atoms with E-state index in [9.17, 15) is 4.39 Å². The minimum absolute atomic E-state index is 0.250. The Hall–Kier alpha value is -2.43. The summed E-state index contributed by atoms with van der Waals surface area (Å²) in [4.78, 5) is 4.51. The highest BCUT2D eigenvalue weighted by Gasteiger charge is 2.11. The van der Waals surface area contributed by atoms with Gasteiger partial charge in [0.05, 0.1) is 6.20 Å². The highest BCUT2D eigenvalue weighted by Crippen LogP contribution is 2.25. The molecular formula is C14H13FN4. The number of aryl methyl sites for hydroxylation is 1. The zero-order chi connectivity index (χ0) is 13.4. The third-order valence-corrected chi connectivity index (χ3v) is 3.01. The van der Waals surface area contributed by atoms with Crippen molar-refractivity contribution >= 4 is 11.5 Å². The predicted molar refractivity (Wildman–Crippen MR) is 72.7 cm³/mol. The van der Waals surface area contributed by atoms with Gasteiger partial charge in [0, 0.05) is 24.4 Å². The maximum absolute atomic E-state index is 13.0. The lowest BCUT2D eigenvalue weighted by Crippen LogP contribution is -2.01. The Bertz CT molecular complexity index is 731. The Morgan fingerprint density at radius 3 is 2.63 bits per heavy atom. The Morgan fingerprint density at radius 1 is 1.21 bits per heavy atom. The Balaban J connectivity index is 2.25. The summed E-state index contributed by atoms with van der Waals surface area (Å²) < 4.78 is 14.7. The lowest BCUT2D eigenvalue weighted by atomic mass is 10.1. The van der Waals surface area contributed by atoms with Gasteiger partial charge in [0.15, 0.2) is 5.65 Å². The van der Waals surface area contributed by atoms with Gasteiger partial charge >= 0.3 is 0 Å². The molecule has 0 atom stereocenters. The fourth-order valence-corrected chi connectivity index (χ4v) is 2.10. The molecule has 0 amide bonds. The first-order valence-electron chi connectivity index (χ1n) is 5.98. The molecule has 19 heavy (non-hydrogen) atoms. The minimum Gasteiger partial charge on any atom is -0.373 e. The van der Waals surface area contributed by atoms with E-state index in [1.54, 1.807) is 22.8 Å². The molecule has 3 rings (SSSR count). The normalized spacial score (nSPS) is 10.9. The summed E-state index contributed by atoms with van der Waals surface area (Å²) in [5, 5.41) is 7.41. The summed E-state index contributed by atoms with van der Waals surface area (Å²) >= 11 is 0. The van der Waals surface area contributed by atoms with Crippen LogP contribution in [0.2, 0.25) is 0 Å². The number of rotatable bonds is 2. The van der Waals surface area contributed by atoms with Gasteiger partial charge in [0.25, 0.3) is 0 Å². The molecule has 3 aromatic rings. The first-order valence-corrected chi connectivity index (χ1v) is 5.98. The van der Waals surface area contributed by atoms with E-state index >= 15 is 0 Å². The fraction of sp³-hybridized carbons (Fsp3) is 0.143. The summed E-state index contributed by atoms with van der Waals surface area (Å²) in [6.07, 6.45) is 1.75. The predicted octanol–water partition coefficient (Wildman–Crippen LogP) is 2.89. The quantitative estimate of drug-likeness (QED) is 0.766. The van der Waals surface area contributed by atoms with Gasteiger partial charge in [0.1, 0.15) is 11.6 Å². The largest absolute Gasteiger partial charge is 0.373 e. The third kappa shape index (κ3) is 1.93. The topological polar surface area (TPSA) is 42.2 Å². The second-order valence-electron chi connectivity index (χ2n) is 4.33. The third-order valence-electron chi connectivity index (χ3n) is 3.01. The highest BCUT2D eigenvalue weighted by atomic mass is 19.1.